The van der Waals surface area contributed by atoms with E-state index in [9.17, 15) is 24.3 Å². The number of thioether (sulfide) groups is 1. The number of aliphatic hydroxyl groups excluding tert-OH is 1. The molecule has 6 N–H and O–H groups in total. The molecule has 0 aromatic heterocycles. The first-order valence-corrected chi connectivity index (χ1v) is 20.7. The van der Waals surface area contributed by atoms with Crippen molar-refractivity contribution in [3.8, 4) is 0 Å². The highest BCUT2D eigenvalue weighted by molar-refractivity contribution is 8.01. The maximum Gasteiger partial charge on any atom is 0.245 e. The Bertz CT molecular complexity index is 1620. The van der Waals surface area contributed by atoms with E-state index < -0.39 is 28.3 Å². The summed E-state index contributed by atoms with van der Waals surface area (Å²) in [5.74, 6) is 0.0510. The summed E-state index contributed by atoms with van der Waals surface area (Å²) in [6.07, 6.45) is 4.68. The molecule has 0 bridgehead atoms. The summed E-state index contributed by atoms with van der Waals surface area (Å²) in [6.45, 7) is 11.1. The van der Waals surface area contributed by atoms with E-state index in [-0.39, 0.29) is 61.3 Å². The molecule has 1 unspecified atom stereocenters. The Morgan fingerprint density at radius 1 is 0.945 bits per heavy atom. The number of amides is 4. The van der Waals surface area contributed by atoms with E-state index in [1.54, 1.807) is 0 Å². The molecule has 302 valence electrons. The van der Waals surface area contributed by atoms with Crippen LogP contribution < -0.4 is 31.5 Å². The Hall–Kier alpha value is -3.65. The number of carbonyl (C=O) groups is 4. The van der Waals surface area contributed by atoms with Gasteiger partial charge in [0.15, 0.2) is 0 Å². The van der Waals surface area contributed by atoms with Gasteiger partial charge in [0.1, 0.15) is 12.1 Å². The predicted molar refractivity (Wildman–Crippen MR) is 219 cm³/mol. The molecule has 1 aliphatic carbocycles. The van der Waals surface area contributed by atoms with Gasteiger partial charge in [0, 0.05) is 56.2 Å². The number of nitrogens with one attached hydrogen (secondary N) is 5. The first-order valence-electron chi connectivity index (χ1n) is 19.8. The lowest BCUT2D eigenvalue weighted by atomic mass is 9.72. The average Bonchev–Trinajstić information content (AvgIpc) is 3.45. The quantitative estimate of drug-likeness (QED) is 0.170. The molecule has 13 heteroatoms. The van der Waals surface area contributed by atoms with Crippen molar-refractivity contribution >= 4 is 41.1 Å². The van der Waals surface area contributed by atoms with E-state index in [4.69, 9.17) is 0 Å². The molecule has 1 saturated carbocycles. The number of anilines is 1. The van der Waals surface area contributed by atoms with Gasteiger partial charge in [-0.25, -0.2) is 0 Å². The summed E-state index contributed by atoms with van der Waals surface area (Å²) in [7, 11) is 3.93. The van der Waals surface area contributed by atoms with Gasteiger partial charge in [-0.1, -0.05) is 61.7 Å². The zero-order valence-corrected chi connectivity index (χ0v) is 34.5. The average molecular weight is 778 g/mol. The summed E-state index contributed by atoms with van der Waals surface area (Å²) in [4.78, 5) is 58.5. The zero-order chi connectivity index (χ0) is 39.9. The smallest absolute Gasteiger partial charge is 0.245 e. The third kappa shape index (κ3) is 11.9. The first kappa shape index (κ1) is 42.5. The summed E-state index contributed by atoms with van der Waals surface area (Å²) < 4.78 is -0.649. The number of nitrogens with zero attached hydrogens (tertiary/aromatic N) is 2. The number of aliphatic hydroxyl groups is 1. The number of piperidine rings is 1. The van der Waals surface area contributed by atoms with Gasteiger partial charge in [-0.05, 0) is 82.6 Å². The molecule has 5 rings (SSSR count). The highest BCUT2D eigenvalue weighted by Gasteiger charge is 2.49. The highest BCUT2D eigenvalue weighted by Crippen LogP contribution is 2.40. The number of likely N-dealkylation sites (tertiary alicyclic amines) is 1. The second-order valence-electron chi connectivity index (χ2n) is 17.4. The summed E-state index contributed by atoms with van der Waals surface area (Å²) >= 11 is 1.43. The molecule has 4 amide bonds. The van der Waals surface area contributed by atoms with Crippen LogP contribution in [0.15, 0.2) is 54.6 Å². The molecular weight excluding hydrogens is 715 g/mol. The van der Waals surface area contributed by atoms with Crippen LogP contribution in [0.3, 0.4) is 0 Å². The summed E-state index contributed by atoms with van der Waals surface area (Å²) in [6, 6.07) is 15.2. The minimum atomic E-state index is -0.969. The van der Waals surface area contributed by atoms with Crippen molar-refractivity contribution in [1.82, 2.24) is 31.5 Å². The number of hydrogen-bond acceptors (Lipinski definition) is 9. The Labute approximate surface area is 331 Å². The van der Waals surface area contributed by atoms with Gasteiger partial charge in [-0.15, -0.1) is 11.8 Å². The molecular formula is C42H63N7O5S. The molecule has 2 saturated heterocycles. The molecule has 0 radical (unpaired) electrons. The predicted octanol–water partition coefficient (Wildman–Crippen LogP) is 3.18. The molecule has 7 atom stereocenters. The molecule has 3 aliphatic rings. The molecule has 2 aliphatic heterocycles. The van der Waals surface area contributed by atoms with Crippen LogP contribution >= 0.6 is 11.8 Å². The van der Waals surface area contributed by atoms with E-state index in [0.717, 1.165) is 42.6 Å². The van der Waals surface area contributed by atoms with E-state index in [1.807, 2.05) is 108 Å². The minimum Gasteiger partial charge on any atom is -0.390 e. The van der Waals surface area contributed by atoms with Crippen molar-refractivity contribution in [2.24, 2.45) is 11.8 Å². The maximum absolute atomic E-state index is 13.8. The van der Waals surface area contributed by atoms with Crippen LogP contribution in [0.5, 0.6) is 0 Å². The van der Waals surface area contributed by atoms with Gasteiger partial charge in [0.05, 0.1) is 23.9 Å². The van der Waals surface area contributed by atoms with Crippen molar-refractivity contribution in [1.29, 1.82) is 0 Å². The highest BCUT2D eigenvalue weighted by atomic mass is 32.2. The van der Waals surface area contributed by atoms with Crippen molar-refractivity contribution in [3.63, 3.8) is 0 Å². The second kappa shape index (κ2) is 18.5. The molecule has 55 heavy (non-hydrogen) atoms. The number of benzene rings is 2. The third-order valence-corrected chi connectivity index (χ3v) is 12.5. The van der Waals surface area contributed by atoms with Crippen LogP contribution in [0, 0.1) is 11.8 Å². The van der Waals surface area contributed by atoms with Crippen molar-refractivity contribution in [2.45, 2.75) is 120 Å². The van der Waals surface area contributed by atoms with Gasteiger partial charge in [0.25, 0.3) is 0 Å². The fraction of sp³-hybridized carbons (Fsp3) is 0.619. The monoisotopic (exact) mass is 777 g/mol. The summed E-state index contributed by atoms with van der Waals surface area (Å²) in [5.41, 5.74) is 2.43. The van der Waals surface area contributed by atoms with Crippen LogP contribution in [0.4, 0.5) is 5.69 Å². The number of rotatable bonds is 14. The molecule has 3 fully saturated rings. The maximum atomic E-state index is 13.8. The Morgan fingerprint density at radius 2 is 1.62 bits per heavy atom. The fourth-order valence-electron chi connectivity index (χ4n) is 8.13. The van der Waals surface area contributed by atoms with Crippen LogP contribution in [0.2, 0.25) is 0 Å². The van der Waals surface area contributed by atoms with Gasteiger partial charge in [-0.2, -0.15) is 0 Å². The molecule has 0 spiro atoms. The number of β-amino-alcohol motifs (C(OH)–C–C–N with tert-alkyl or cyclic N) is 1. The van der Waals surface area contributed by atoms with E-state index in [1.165, 1.54) is 24.6 Å². The van der Waals surface area contributed by atoms with Crippen LogP contribution in [0.1, 0.15) is 77.8 Å². The lowest BCUT2D eigenvalue weighted by Crippen LogP contribution is -2.60. The van der Waals surface area contributed by atoms with Gasteiger partial charge >= 0.3 is 0 Å². The van der Waals surface area contributed by atoms with Crippen molar-refractivity contribution < 1.29 is 24.3 Å². The van der Waals surface area contributed by atoms with E-state index >= 15 is 0 Å². The number of carbonyl (C=O) groups excluding carboxylic acids is 4. The summed E-state index contributed by atoms with van der Waals surface area (Å²) in [5, 5.41) is 26.1. The first-order chi connectivity index (χ1) is 26.0. The molecule has 2 heterocycles. The standard InChI is InChI=1S/C42H63N7O5S/c1-41(2,3)47-37(52)33-22-29-15-11-12-16-30(29)25-49(33)26-32(50)24-44-39(54)36-42(4,5)55-40(46-36)35(45-34(51)21-27-13-9-8-10-14-27)38(53)43-23-28-17-19-31(20-18-28)48(6)7/h8-10,13-14,17-20,29-30,32-33,35-36,40,46,50H,11-12,15-16,21-26H2,1-7H3,(H,43,53)(H,44,54)(H,45,51)(H,47,52)/t29-,30+,32-,33-,35?,36-,40+/m0/s1. The fourth-order valence-corrected chi connectivity index (χ4v) is 9.63. The molecule has 12 nitrogen and oxygen atoms in total. The van der Waals surface area contributed by atoms with E-state index in [2.05, 4.69) is 31.5 Å². The van der Waals surface area contributed by atoms with Crippen molar-refractivity contribution in [2.75, 3.05) is 38.6 Å². The van der Waals surface area contributed by atoms with Crippen LogP contribution in [-0.4, -0.2) is 107 Å². The number of hydrogen-bond donors (Lipinski definition) is 6. The van der Waals surface area contributed by atoms with Crippen LogP contribution in [-0.2, 0) is 32.1 Å². The second-order valence-corrected chi connectivity index (χ2v) is 19.2. The third-order valence-electron chi connectivity index (χ3n) is 11.0. The number of fused-ring (bicyclic) bond motifs is 1. The molecule has 2 aromatic carbocycles. The lowest BCUT2D eigenvalue weighted by Gasteiger charge is -2.46. The van der Waals surface area contributed by atoms with Crippen LogP contribution in [0.25, 0.3) is 0 Å². The topological polar surface area (TPSA) is 155 Å². The van der Waals surface area contributed by atoms with Gasteiger partial charge in [-0.3, -0.25) is 29.4 Å². The Morgan fingerprint density at radius 3 is 2.27 bits per heavy atom. The van der Waals surface area contributed by atoms with Gasteiger partial charge in [0.2, 0.25) is 23.6 Å². The zero-order valence-electron chi connectivity index (χ0n) is 33.7. The Balaban J connectivity index is 1.22. The normalized spacial score (nSPS) is 24.8. The van der Waals surface area contributed by atoms with Gasteiger partial charge < -0.3 is 31.3 Å². The van der Waals surface area contributed by atoms with E-state index in [0.29, 0.717) is 11.8 Å². The lowest BCUT2D eigenvalue weighted by molar-refractivity contribution is -0.133. The molecule has 2 aromatic rings. The largest absolute Gasteiger partial charge is 0.390 e. The SMILES string of the molecule is CN(C)c1ccc(CNC(=O)C(NC(=O)Cc2ccccc2)[C@@H]2N[C@@H](C(=O)NC[C@H](O)CN3C[C@H]4CCCC[C@H]4C[C@H]3C(=O)NC(C)(C)C)C(C)(C)S2)cc1. The van der Waals surface area contributed by atoms with Crippen molar-refractivity contribution in [3.05, 3.63) is 65.7 Å². The minimum absolute atomic E-state index is 0.00980. The Kier molecular flexibility index (Phi) is 14.3.